The van der Waals surface area contributed by atoms with Crippen molar-refractivity contribution in [1.29, 1.82) is 0 Å². The van der Waals surface area contributed by atoms with E-state index < -0.39 is 0 Å². The maximum atomic E-state index is 12.6. The molecule has 24 heavy (non-hydrogen) atoms. The lowest BCUT2D eigenvalue weighted by Gasteiger charge is -2.22. The molecular weight excluding hydrogens is 312 g/mol. The molecule has 3 amide bonds. The van der Waals surface area contributed by atoms with E-state index in [0.29, 0.717) is 24.6 Å². The Labute approximate surface area is 138 Å². The van der Waals surface area contributed by atoms with Crippen molar-refractivity contribution in [1.82, 2.24) is 9.80 Å². The van der Waals surface area contributed by atoms with Gasteiger partial charge in [0.1, 0.15) is 11.5 Å². The predicted molar refractivity (Wildman–Crippen MR) is 82.2 cm³/mol. The molecule has 1 aliphatic heterocycles. The molecule has 0 saturated carbocycles. The van der Waals surface area contributed by atoms with E-state index >= 15 is 0 Å². The molecule has 1 fully saturated rings. The number of likely N-dealkylation sites (tertiary alicyclic amines) is 1. The molecule has 7 nitrogen and oxygen atoms in total. The average Bonchev–Trinajstić information content (AvgIpc) is 3.30. The van der Waals surface area contributed by atoms with Gasteiger partial charge in [-0.1, -0.05) is 0 Å². The van der Waals surface area contributed by atoms with Crippen molar-refractivity contribution in [2.24, 2.45) is 0 Å². The third-order valence-corrected chi connectivity index (χ3v) is 3.91. The molecule has 3 rings (SSSR count). The zero-order valence-electron chi connectivity index (χ0n) is 13.1. The minimum Gasteiger partial charge on any atom is -0.467 e. The fourth-order valence-electron chi connectivity index (χ4n) is 2.65. The van der Waals surface area contributed by atoms with Gasteiger partial charge in [0.25, 0.3) is 0 Å². The van der Waals surface area contributed by atoms with Crippen LogP contribution in [-0.4, -0.2) is 34.1 Å². The zero-order chi connectivity index (χ0) is 16.9. The number of amides is 3. The van der Waals surface area contributed by atoms with E-state index in [-0.39, 0.29) is 43.5 Å². The van der Waals surface area contributed by atoms with Crippen molar-refractivity contribution in [2.75, 3.05) is 6.54 Å². The number of carbonyl (C=O) groups excluding carboxylic acids is 3. The maximum Gasteiger partial charge on any atom is 0.229 e. The fourth-order valence-corrected chi connectivity index (χ4v) is 2.65. The minimum absolute atomic E-state index is 0.0822. The standard InChI is InChI=1S/C17H18N2O5/c20-15(7-8-19-16(21)5-6-17(19)22)18(11-13-3-1-9-23-13)12-14-4-2-10-24-14/h1-4,9-10H,5-8,11-12H2. The van der Waals surface area contributed by atoms with Gasteiger partial charge in [0.2, 0.25) is 17.7 Å². The molecule has 0 spiro atoms. The lowest BCUT2D eigenvalue weighted by molar-refractivity contribution is -0.139. The van der Waals surface area contributed by atoms with E-state index in [0.717, 1.165) is 4.90 Å². The third kappa shape index (κ3) is 3.73. The van der Waals surface area contributed by atoms with Crippen molar-refractivity contribution < 1.29 is 23.2 Å². The van der Waals surface area contributed by atoms with Crippen LogP contribution in [0.15, 0.2) is 45.6 Å². The topological polar surface area (TPSA) is 84.0 Å². The number of imide groups is 1. The van der Waals surface area contributed by atoms with E-state index in [1.54, 1.807) is 41.7 Å². The summed E-state index contributed by atoms with van der Waals surface area (Å²) in [6.45, 7) is 0.714. The maximum absolute atomic E-state index is 12.6. The fraction of sp³-hybridized carbons (Fsp3) is 0.353. The van der Waals surface area contributed by atoms with Gasteiger partial charge in [-0.2, -0.15) is 0 Å². The van der Waals surface area contributed by atoms with E-state index in [4.69, 9.17) is 8.83 Å². The Morgan fingerprint density at radius 3 is 2.00 bits per heavy atom. The van der Waals surface area contributed by atoms with Crippen molar-refractivity contribution in [2.45, 2.75) is 32.4 Å². The smallest absolute Gasteiger partial charge is 0.229 e. The first-order chi connectivity index (χ1) is 11.6. The molecule has 0 bridgehead atoms. The van der Waals surface area contributed by atoms with Crippen LogP contribution in [0.4, 0.5) is 0 Å². The molecule has 0 aromatic carbocycles. The van der Waals surface area contributed by atoms with Gasteiger partial charge in [0.05, 0.1) is 25.6 Å². The summed E-state index contributed by atoms with van der Waals surface area (Å²) in [4.78, 5) is 38.6. The Bertz CT molecular complexity index is 653. The summed E-state index contributed by atoms with van der Waals surface area (Å²) in [6.07, 6.45) is 3.64. The van der Waals surface area contributed by atoms with Gasteiger partial charge in [-0.3, -0.25) is 19.3 Å². The summed E-state index contributed by atoms with van der Waals surface area (Å²) in [5.41, 5.74) is 0. The van der Waals surface area contributed by atoms with Crippen LogP contribution >= 0.6 is 0 Å². The normalized spacial score (nSPS) is 14.4. The Balaban J connectivity index is 1.63. The highest BCUT2D eigenvalue weighted by Crippen LogP contribution is 2.15. The Hall–Kier alpha value is -2.83. The van der Waals surface area contributed by atoms with Gasteiger partial charge in [-0.25, -0.2) is 0 Å². The molecule has 0 atom stereocenters. The van der Waals surface area contributed by atoms with Crippen LogP contribution in [0.3, 0.4) is 0 Å². The second-order valence-corrected chi connectivity index (χ2v) is 5.60. The summed E-state index contributed by atoms with van der Waals surface area (Å²) in [5, 5.41) is 0. The van der Waals surface area contributed by atoms with E-state index in [2.05, 4.69) is 0 Å². The molecule has 0 N–H and O–H groups in total. The van der Waals surface area contributed by atoms with Crippen molar-refractivity contribution in [3.05, 3.63) is 48.3 Å². The molecule has 1 aliphatic rings. The Kier molecular flexibility index (Phi) is 4.79. The Morgan fingerprint density at radius 2 is 1.54 bits per heavy atom. The summed E-state index contributed by atoms with van der Waals surface area (Å²) in [7, 11) is 0. The molecule has 0 unspecified atom stereocenters. The summed E-state index contributed by atoms with van der Waals surface area (Å²) < 4.78 is 10.6. The van der Waals surface area contributed by atoms with Gasteiger partial charge in [-0.15, -0.1) is 0 Å². The van der Waals surface area contributed by atoms with Crippen molar-refractivity contribution in [3.63, 3.8) is 0 Å². The molecule has 1 saturated heterocycles. The molecule has 126 valence electrons. The quantitative estimate of drug-likeness (QED) is 0.724. The van der Waals surface area contributed by atoms with Crippen LogP contribution in [0.25, 0.3) is 0 Å². The molecule has 3 heterocycles. The molecule has 2 aromatic heterocycles. The van der Waals surface area contributed by atoms with E-state index in [1.165, 1.54) is 0 Å². The molecular formula is C17H18N2O5. The summed E-state index contributed by atoms with van der Waals surface area (Å²) >= 11 is 0. The highest BCUT2D eigenvalue weighted by Gasteiger charge is 2.29. The van der Waals surface area contributed by atoms with Crippen LogP contribution in [0.2, 0.25) is 0 Å². The number of hydrogen-bond donors (Lipinski definition) is 0. The third-order valence-electron chi connectivity index (χ3n) is 3.91. The van der Waals surface area contributed by atoms with Crippen LogP contribution in [0.5, 0.6) is 0 Å². The first-order valence-corrected chi connectivity index (χ1v) is 7.79. The van der Waals surface area contributed by atoms with Crippen LogP contribution in [-0.2, 0) is 27.5 Å². The highest BCUT2D eigenvalue weighted by atomic mass is 16.3. The molecule has 0 radical (unpaired) electrons. The number of carbonyl (C=O) groups is 3. The largest absolute Gasteiger partial charge is 0.467 e. The number of rotatable bonds is 7. The highest BCUT2D eigenvalue weighted by molar-refractivity contribution is 6.02. The number of nitrogens with zero attached hydrogens (tertiary/aromatic N) is 2. The number of furan rings is 2. The van der Waals surface area contributed by atoms with Gasteiger partial charge >= 0.3 is 0 Å². The summed E-state index contributed by atoms with van der Waals surface area (Å²) in [6, 6.07) is 7.09. The van der Waals surface area contributed by atoms with Crippen molar-refractivity contribution in [3.8, 4) is 0 Å². The Morgan fingerprint density at radius 1 is 1.00 bits per heavy atom. The number of hydrogen-bond acceptors (Lipinski definition) is 5. The van der Waals surface area contributed by atoms with Crippen LogP contribution in [0, 0.1) is 0 Å². The second kappa shape index (κ2) is 7.16. The van der Waals surface area contributed by atoms with E-state index in [9.17, 15) is 14.4 Å². The zero-order valence-corrected chi connectivity index (χ0v) is 13.1. The molecule has 0 aliphatic carbocycles. The second-order valence-electron chi connectivity index (χ2n) is 5.60. The van der Waals surface area contributed by atoms with Crippen LogP contribution in [0.1, 0.15) is 30.8 Å². The van der Waals surface area contributed by atoms with Crippen molar-refractivity contribution >= 4 is 17.7 Å². The van der Waals surface area contributed by atoms with Gasteiger partial charge < -0.3 is 13.7 Å². The van der Waals surface area contributed by atoms with Gasteiger partial charge in [0, 0.05) is 25.8 Å². The first kappa shape index (κ1) is 16.0. The monoisotopic (exact) mass is 330 g/mol. The first-order valence-electron chi connectivity index (χ1n) is 7.79. The molecule has 2 aromatic rings. The average molecular weight is 330 g/mol. The minimum atomic E-state index is -0.212. The van der Waals surface area contributed by atoms with E-state index in [1.807, 2.05) is 0 Å². The molecule has 7 heteroatoms. The summed E-state index contributed by atoms with van der Waals surface area (Å²) in [5.74, 6) is 0.717. The lowest BCUT2D eigenvalue weighted by Crippen LogP contribution is -2.36. The van der Waals surface area contributed by atoms with Gasteiger partial charge in [-0.05, 0) is 24.3 Å². The van der Waals surface area contributed by atoms with Crippen LogP contribution < -0.4 is 0 Å². The SMILES string of the molecule is O=C(CCN1C(=O)CCC1=O)N(Cc1ccco1)Cc1ccco1. The van der Waals surface area contributed by atoms with Gasteiger partial charge in [0.15, 0.2) is 0 Å². The lowest BCUT2D eigenvalue weighted by atomic mass is 10.3. The predicted octanol–water partition coefficient (Wildman–Crippen LogP) is 1.94.